The van der Waals surface area contributed by atoms with Gasteiger partial charge in [-0.15, -0.1) is 0 Å². The number of carboxylic acid groups (broad SMARTS) is 1. The number of aromatic amines is 1. The molecular formula is C42H61N5O2. The minimum atomic E-state index is -0.674. The summed E-state index contributed by atoms with van der Waals surface area (Å²) >= 11 is 0. The summed E-state index contributed by atoms with van der Waals surface area (Å²) in [5, 5.41) is 19.1. The number of likely N-dealkylation sites (N-methyl/N-ethyl adjacent to an activating group) is 1. The van der Waals surface area contributed by atoms with Crippen LogP contribution in [0.4, 0.5) is 11.5 Å². The molecule has 2 heterocycles. The van der Waals surface area contributed by atoms with Gasteiger partial charge in [-0.25, -0.2) is 0 Å². The number of benzene rings is 1. The summed E-state index contributed by atoms with van der Waals surface area (Å²) in [4.78, 5) is 18.5. The van der Waals surface area contributed by atoms with Crippen molar-refractivity contribution in [2.75, 3.05) is 43.9 Å². The normalized spacial score (nSPS) is 39.7. The van der Waals surface area contributed by atoms with Gasteiger partial charge in [0.25, 0.3) is 0 Å². The molecule has 7 atom stereocenters. The van der Waals surface area contributed by atoms with Gasteiger partial charge in [0.1, 0.15) is 5.82 Å². The zero-order chi connectivity index (χ0) is 34.9. The van der Waals surface area contributed by atoms with Crippen LogP contribution in [0.2, 0.25) is 0 Å². The predicted octanol–water partition coefficient (Wildman–Crippen LogP) is 8.17. The number of anilines is 2. The van der Waals surface area contributed by atoms with Crippen LogP contribution in [0.5, 0.6) is 0 Å². The van der Waals surface area contributed by atoms with Crippen molar-refractivity contribution in [2.45, 2.75) is 112 Å². The molecule has 266 valence electrons. The van der Waals surface area contributed by atoms with E-state index in [2.05, 4.69) is 94.7 Å². The molecule has 2 aromatic rings. The first kappa shape index (κ1) is 33.3. The molecule has 1 aliphatic heterocycles. The fourth-order valence-corrected chi connectivity index (χ4v) is 13.4. The number of aliphatic carboxylic acids is 1. The molecule has 4 fully saturated rings. The minimum absolute atomic E-state index is 0.0359. The van der Waals surface area contributed by atoms with Crippen molar-refractivity contribution >= 4 is 23.0 Å². The third-order valence-corrected chi connectivity index (χ3v) is 16.4. The molecule has 0 spiro atoms. The van der Waals surface area contributed by atoms with Crippen LogP contribution in [0.25, 0.3) is 5.57 Å². The zero-order valence-corrected chi connectivity index (χ0v) is 31.5. The lowest BCUT2D eigenvalue weighted by molar-refractivity contribution is -0.175. The Kier molecular flexibility index (Phi) is 7.23. The lowest BCUT2D eigenvalue weighted by atomic mass is 9.33. The molecule has 7 nitrogen and oxygen atoms in total. The number of nitrogens with zero attached hydrogens (tertiary/aromatic N) is 3. The maximum Gasteiger partial charge on any atom is 0.310 e. The number of aromatic nitrogens is 2. The summed E-state index contributed by atoms with van der Waals surface area (Å²) in [5.74, 6) is 1.17. The fraction of sp³-hybridized carbons (Fsp3) is 0.714. The largest absolute Gasteiger partial charge is 0.481 e. The molecule has 6 aliphatic rings. The first-order valence-corrected chi connectivity index (χ1v) is 19.3. The number of piperazine rings is 1. The highest BCUT2D eigenvalue weighted by Crippen LogP contribution is 2.77. The second-order valence-electron chi connectivity index (χ2n) is 19.6. The van der Waals surface area contributed by atoms with E-state index in [0.29, 0.717) is 11.8 Å². The molecule has 7 heteroatoms. The molecule has 1 aromatic heterocycles. The Bertz CT molecular complexity index is 1700. The number of nitrogen functional groups attached to an aromatic ring is 1. The maximum atomic E-state index is 13.5. The maximum absolute atomic E-state index is 13.5. The van der Waals surface area contributed by atoms with Crippen LogP contribution in [0.15, 0.2) is 29.8 Å². The van der Waals surface area contributed by atoms with E-state index in [1.54, 1.807) is 0 Å². The summed E-state index contributed by atoms with van der Waals surface area (Å²) in [6, 6.07) is 9.49. The first-order valence-electron chi connectivity index (χ1n) is 19.3. The van der Waals surface area contributed by atoms with Crippen molar-refractivity contribution in [1.82, 2.24) is 15.1 Å². The highest BCUT2D eigenvalue weighted by atomic mass is 16.4. The minimum Gasteiger partial charge on any atom is -0.481 e. The van der Waals surface area contributed by atoms with E-state index < -0.39 is 11.4 Å². The molecule has 49 heavy (non-hydrogen) atoms. The third-order valence-electron chi connectivity index (χ3n) is 16.4. The van der Waals surface area contributed by atoms with Crippen LogP contribution >= 0.6 is 0 Å². The topological polar surface area (TPSA) is 98.5 Å². The van der Waals surface area contributed by atoms with Gasteiger partial charge < -0.3 is 20.6 Å². The van der Waals surface area contributed by atoms with Crippen LogP contribution in [-0.2, 0) is 16.6 Å². The lowest BCUT2D eigenvalue weighted by Crippen LogP contribution is -2.65. The zero-order valence-electron chi connectivity index (χ0n) is 31.5. The van der Waals surface area contributed by atoms with Crippen LogP contribution in [0, 0.1) is 44.8 Å². The molecule has 4 N–H and O–H groups in total. The number of carboxylic acids is 1. The van der Waals surface area contributed by atoms with Crippen molar-refractivity contribution in [2.24, 2.45) is 44.8 Å². The summed E-state index contributed by atoms with van der Waals surface area (Å²) in [6.07, 6.45) is 8.74. The van der Waals surface area contributed by atoms with Crippen LogP contribution < -0.4 is 10.6 Å². The van der Waals surface area contributed by atoms with Crippen LogP contribution in [0.3, 0.4) is 0 Å². The SMILES string of the molecule is CN1CCN(c2ccc(C3=C4C5CC(C)(C)CC[C@]5(C(=O)O)CC[C@@]4(C)[C@]4(C)CCC5C(C)(C)c6n[nH]c(N)c6C[C@]5(C)C4C3)cc2)CC1. The van der Waals surface area contributed by atoms with Gasteiger partial charge in [-0.2, -0.15) is 5.10 Å². The lowest BCUT2D eigenvalue weighted by Gasteiger charge is -2.71. The molecule has 5 aliphatic carbocycles. The van der Waals surface area contributed by atoms with Crippen molar-refractivity contribution in [3.8, 4) is 0 Å². The molecule has 0 bridgehead atoms. The Hall–Kier alpha value is -2.80. The van der Waals surface area contributed by atoms with Gasteiger partial charge in [0.05, 0.1) is 11.1 Å². The second-order valence-corrected chi connectivity index (χ2v) is 19.6. The third kappa shape index (κ3) is 4.48. The fourth-order valence-electron chi connectivity index (χ4n) is 13.4. The van der Waals surface area contributed by atoms with Gasteiger partial charge in [-0.05, 0) is 128 Å². The van der Waals surface area contributed by atoms with Crippen molar-refractivity contribution in [3.63, 3.8) is 0 Å². The van der Waals surface area contributed by atoms with Gasteiger partial charge in [0.15, 0.2) is 0 Å². The number of H-pyrrole nitrogens is 1. The summed E-state index contributed by atoms with van der Waals surface area (Å²) in [6.45, 7) is 21.6. The smallest absolute Gasteiger partial charge is 0.310 e. The van der Waals surface area contributed by atoms with Crippen LogP contribution in [0.1, 0.15) is 117 Å². The molecule has 8 rings (SSSR count). The molecule has 0 radical (unpaired) electrons. The molecule has 3 unspecified atom stereocenters. The highest BCUT2D eigenvalue weighted by molar-refractivity contribution is 5.80. The van der Waals surface area contributed by atoms with Crippen molar-refractivity contribution in [1.29, 1.82) is 0 Å². The number of allylic oxidation sites excluding steroid dienone is 2. The van der Waals surface area contributed by atoms with Gasteiger partial charge >= 0.3 is 5.97 Å². The van der Waals surface area contributed by atoms with E-state index >= 15 is 0 Å². The van der Waals surface area contributed by atoms with Crippen molar-refractivity contribution in [3.05, 3.63) is 46.7 Å². The Balaban J connectivity index is 1.32. The van der Waals surface area contributed by atoms with E-state index in [-0.39, 0.29) is 33.0 Å². The van der Waals surface area contributed by atoms with E-state index in [1.807, 2.05) is 0 Å². The van der Waals surface area contributed by atoms with E-state index in [1.165, 1.54) is 46.5 Å². The molecule has 3 saturated carbocycles. The standard InChI is InChI=1S/C42H61N5O2/c1-37(2)15-17-42(36(48)49)18-16-41(7)33(30(42)25-37)28(26-9-11-27(12-10-26)47-21-19-46(8)20-22-47)23-32-39(5)24-29-34(44-45-35(29)43)38(3,4)31(39)13-14-40(32,41)6/h9-12,30-32H,13-25H2,1-8H3,(H,48,49)(H3,43,44,45)/t30?,31?,32?,39-,40+,41+,42-/m0/s1. The van der Waals surface area contributed by atoms with Gasteiger partial charge in [-0.1, -0.05) is 66.2 Å². The highest BCUT2D eigenvalue weighted by Gasteiger charge is 2.70. The quantitative estimate of drug-likeness (QED) is 0.306. The van der Waals surface area contributed by atoms with Crippen molar-refractivity contribution < 1.29 is 9.90 Å². The number of carbonyl (C=O) groups is 1. The number of hydrogen-bond acceptors (Lipinski definition) is 5. The first-order chi connectivity index (χ1) is 23.0. The molecule has 1 saturated heterocycles. The average molecular weight is 668 g/mol. The predicted molar refractivity (Wildman–Crippen MR) is 198 cm³/mol. The van der Waals surface area contributed by atoms with Gasteiger partial charge in [0, 0.05) is 42.8 Å². The summed E-state index contributed by atoms with van der Waals surface area (Å²) in [7, 11) is 2.21. The van der Waals surface area contributed by atoms with E-state index in [9.17, 15) is 9.90 Å². The monoisotopic (exact) mass is 667 g/mol. The average Bonchev–Trinajstić information content (AvgIpc) is 3.41. The number of nitrogens with two attached hydrogens (primary N) is 1. The Morgan fingerprint density at radius 3 is 2.27 bits per heavy atom. The molecular weight excluding hydrogens is 606 g/mol. The second kappa shape index (κ2) is 10.6. The summed E-state index contributed by atoms with van der Waals surface area (Å²) < 4.78 is 0. The van der Waals surface area contributed by atoms with Gasteiger partial charge in [-0.3, -0.25) is 9.89 Å². The van der Waals surface area contributed by atoms with E-state index in [0.717, 1.165) is 76.9 Å². The number of fused-ring (bicyclic) bond motifs is 8. The molecule has 0 amide bonds. The Labute approximate surface area is 294 Å². The number of nitrogens with one attached hydrogen (secondary N) is 1. The number of hydrogen-bond donors (Lipinski definition) is 3. The Morgan fingerprint density at radius 1 is 0.918 bits per heavy atom. The molecule has 1 aromatic carbocycles. The van der Waals surface area contributed by atoms with Crippen LogP contribution in [-0.4, -0.2) is 59.4 Å². The Morgan fingerprint density at radius 2 is 1.59 bits per heavy atom. The summed E-state index contributed by atoms with van der Waals surface area (Å²) in [5.41, 5.74) is 14.0. The van der Waals surface area contributed by atoms with Gasteiger partial charge in [0.2, 0.25) is 0 Å². The number of rotatable bonds is 3. The van der Waals surface area contributed by atoms with E-state index in [4.69, 9.17) is 10.8 Å².